The van der Waals surface area contributed by atoms with Gasteiger partial charge in [0.05, 0.1) is 24.2 Å². The highest BCUT2D eigenvalue weighted by atomic mass is 35.5. The van der Waals surface area contributed by atoms with Crippen LogP contribution < -0.4 is 4.72 Å². The molecule has 0 bridgehead atoms. The third-order valence-corrected chi connectivity index (χ3v) is 5.28. The number of hydrogen-bond donors (Lipinski definition) is 2. The Morgan fingerprint density at radius 3 is 2.48 bits per heavy atom. The number of rotatable bonds is 4. The number of ether oxygens (including phenoxy) is 1. The highest BCUT2D eigenvalue weighted by molar-refractivity contribution is 7.89. The van der Waals surface area contributed by atoms with E-state index in [9.17, 15) is 18.3 Å². The SMILES string of the molecule is CC1(C(=O)O)COCC1NS(=O)(=O)c1cc(Cl)cc(Cl)c1. The second-order valence-corrected chi connectivity index (χ2v) is 7.60. The van der Waals surface area contributed by atoms with Gasteiger partial charge in [-0.25, -0.2) is 13.1 Å². The average Bonchev–Trinajstić information content (AvgIpc) is 2.70. The summed E-state index contributed by atoms with van der Waals surface area (Å²) in [5.74, 6) is -1.13. The lowest BCUT2D eigenvalue weighted by atomic mass is 9.86. The number of benzene rings is 1. The number of carboxylic acids is 1. The summed E-state index contributed by atoms with van der Waals surface area (Å²) in [6.45, 7) is 1.35. The van der Waals surface area contributed by atoms with E-state index >= 15 is 0 Å². The van der Waals surface area contributed by atoms with Crippen LogP contribution in [0, 0.1) is 5.41 Å². The van der Waals surface area contributed by atoms with Crippen molar-refractivity contribution in [3.63, 3.8) is 0 Å². The molecule has 0 amide bonds. The van der Waals surface area contributed by atoms with Gasteiger partial charge in [-0.15, -0.1) is 0 Å². The zero-order valence-electron chi connectivity index (χ0n) is 11.0. The maximum absolute atomic E-state index is 12.3. The summed E-state index contributed by atoms with van der Waals surface area (Å²) in [6, 6.07) is 3.01. The van der Waals surface area contributed by atoms with Crippen molar-refractivity contribution in [2.45, 2.75) is 17.9 Å². The van der Waals surface area contributed by atoms with Crippen LogP contribution in [0.15, 0.2) is 23.1 Å². The van der Waals surface area contributed by atoms with Crippen LogP contribution in [0.4, 0.5) is 0 Å². The molecule has 2 rings (SSSR count). The van der Waals surface area contributed by atoms with Crippen LogP contribution in [0.25, 0.3) is 0 Å². The second kappa shape index (κ2) is 5.73. The zero-order valence-corrected chi connectivity index (χ0v) is 13.3. The molecule has 1 fully saturated rings. The van der Waals surface area contributed by atoms with Gasteiger partial charge in [0.25, 0.3) is 0 Å². The van der Waals surface area contributed by atoms with Crippen molar-refractivity contribution in [1.82, 2.24) is 4.72 Å². The molecule has 1 aliphatic rings. The van der Waals surface area contributed by atoms with E-state index in [1.165, 1.54) is 25.1 Å². The van der Waals surface area contributed by atoms with Crippen molar-refractivity contribution in [2.75, 3.05) is 13.2 Å². The normalized spacial score (nSPS) is 26.0. The van der Waals surface area contributed by atoms with Gasteiger partial charge in [-0.1, -0.05) is 23.2 Å². The van der Waals surface area contributed by atoms with Crippen LogP contribution >= 0.6 is 23.2 Å². The summed E-state index contributed by atoms with van der Waals surface area (Å²) in [5.41, 5.74) is -1.32. The monoisotopic (exact) mass is 353 g/mol. The summed E-state index contributed by atoms with van der Waals surface area (Å²) in [5, 5.41) is 9.59. The van der Waals surface area contributed by atoms with E-state index in [0.717, 1.165) is 0 Å². The minimum atomic E-state index is -3.96. The van der Waals surface area contributed by atoms with Crippen molar-refractivity contribution in [3.8, 4) is 0 Å². The van der Waals surface area contributed by atoms with Crippen molar-refractivity contribution >= 4 is 39.2 Å². The number of hydrogen-bond acceptors (Lipinski definition) is 4. The third kappa shape index (κ3) is 3.32. The van der Waals surface area contributed by atoms with Crippen molar-refractivity contribution in [1.29, 1.82) is 0 Å². The van der Waals surface area contributed by atoms with Crippen LogP contribution in [-0.4, -0.2) is 38.7 Å². The minimum absolute atomic E-state index is 0.0175. The number of sulfonamides is 1. The smallest absolute Gasteiger partial charge is 0.313 e. The molecule has 116 valence electrons. The second-order valence-electron chi connectivity index (χ2n) is 5.02. The Morgan fingerprint density at radius 1 is 1.38 bits per heavy atom. The van der Waals surface area contributed by atoms with Gasteiger partial charge < -0.3 is 9.84 Å². The molecule has 2 N–H and O–H groups in total. The summed E-state index contributed by atoms with van der Waals surface area (Å²) in [7, 11) is -3.96. The number of carboxylic acid groups (broad SMARTS) is 1. The van der Waals surface area contributed by atoms with Gasteiger partial charge in [-0.05, 0) is 25.1 Å². The molecular formula is C12H13Cl2NO5S. The Kier molecular flexibility index (Phi) is 4.51. The highest BCUT2D eigenvalue weighted by Crippen LogP contribution is 2.30. The third-order valence-electron chi connectivity index (χ3n) is 3.39. The van der Waals surface area contributed by atoms with E-state index in [4.69, 9.17) is 27.9 Å². The molecular weight excluding hydrogens is 341 g/mol. The molecule has 0 aliphatic carbocycles. The molecule has 1 aromatic rings. The van der Waals surface area contributed by atoms with E-state index in [1.54, 1.807) is 0 Å². The molecule has 2 unspecified atom stereocenters. The fraction of sp³-hybridized carbons (Fsp3) is 0.417. The van der Waals surface area contributed by atoms with Gasteiger partial charge in [0.2, 0.25) is 10.0 Å². The first-order chi connectivity index (χ1) is 9.65. The minimum Gasteiger partial charge on any atom is -0.481 e. The van der Waals surface area contributed by atoms with Crippen molar-refractivity contribution < 1.29 is 23.1 Å². The number of aliphatic carboxylic acids is 1. The average molecular weight is 354 g/mol. The van der Waals surface area contributed by atoms with E-state index in [1.807, 2.05) is 0 Å². The molecule has 0 saturated carbocycles. The summed E-state index contributed by atoms with van der Waals surface area (Å²) in [4.78, 5) is 11.2. The predicted molar refractivity (Wildman–Crippen MR) is 77.1 cm³/mol. The van der Waals surface area contributed by atoms with E-state index in [2.05, 4.69) is 4.72 Å². The fourth-order valence-electron chi connectivity index (χ4n) is 1.99. The molecule has 1 aromatic carbocycles. The summed E-state index contributed by atoms with van der Waals surface area (Å²) >= 11 is 11.6. The Bertz CT molecular complexity index is 658. The Labute approximate surface area is 132 Å². The lowest BCUT2D eigenvalue weighted by molar-refractivity contribution is -0.148. The lowest BCUT2D eigenvalue weighted by Gasteiger charge is -2.25. The van der Waals surface area contributed by atoms with Crippen LogP contribution in [0.5, 0.6) is 0 Å². The van der Waals surface area contributed by atoms with E-state index in [-0.39, 0.29) is 28.2 Å². The molecule has 9 heteroatoms. The zero-order chi connectivity index (χ0) is 15.8. The molecule has 0 spiro atoms. The van der Waals surface area contributed by atoms with E-state index in [0.29, 0.717) is 0 Å². The number of carbonyl (C=O) groups is 1. The molecule has 21 heavy (non-hydrogen) atoms. The molecule has 1 heterocycles. The van der Waals surface area contributed by atoms with Crippen LogP contribution in [-0.2, 0) is 19.6 Å². The fourth-order valence-corrected chi connectivity index (χ4v) is 4.05. The first-order valence-electron chi connectivity index (χ1n) is 5.95. The van der Waals surface area contributed by atoms with Crippen LogP contribution in [0.2, 0.25) is 10.0 Å². The first-order valence-corrected chi connectivity index (χ1v) is 8.18. The molecule has 6 nitrogen and oxygen atoms in total. The van der Waals surface area contributed by atoms with Crippen molar-refractivity contribution in [3.05, 3.63) is 28.2 Å². The largest absolute Gasteiger partial charge is 0.481 e. The van der Waals surface area contributed by atoms with Crippen LogP contribution in [0.1, 0.15) is 6.92 Å². The molecule has 2 atom stereocenters. The van der Waals surface area contributed by atoms with Gasteiger partial charge in [-0.3, -0.25) is 4.79 Å². The van der Waals surface area contributed by atoms with Crippen molar-refractivity contribution in [2.24, 2.45) is 5.41 Å². The van der Waals surface area contributed by atoms with Gasteiger partial charge in [-0.2, -0.15) is 0 Å². The van der Waals surface area contributed by atoms with Crippen LogP contribution in [0.3, 0.4) is 0 Å². The van der Waals surface area contributed by atoms with Gasteiger partial charge in [0, 0.05) is 10.0 Å². The Balaban J connectivity index is 2.31. The number of nitrogens with one attached hydrogen (secondary N) is 1. The maximum atomic E-state index is 12.3. The van der Waals surface area contributed by atoms with Gasteiger partial charge >= 0.3 is 5.97 Å². The maximum Gasteiger partial charge on any atom is 0.313 e. The molecule has 1 aliphatic heterocycles. The quantitative estimate of drug-likeness (QED) is 0.860. The Hall–Kier alpha value is -0.860. The van der Waals surface area contributed by atoms with Gasteiger partial charge in [0.1, 0.15) is 5.41 Å². The standard InChI is InChI=1S/C12H13Cl2NO5S/c1-12(11(16)17)6-20-5-10(12)15-21(18,19)9-3-7(13)2-8(14)4-9/h2-4,10,15H,5-6H2,1H3,(H,16,17). The van der Waals surface area contributed by atoms with Gasteiger partial charge in [0.15, 0.2) is 0 Å². The topological polar surface area (TPSA) is 92.7 Å². The lowest BCUT2D eigenvalue weighted by Crippen LogP contribution is -2.49. The molecule has 1 saturated heterocycles. The molecule has 0 aromatic heterocycles. The number of halogens is 2. The highest BCUT2D eigenvalue weighted by Gasteiger charge is 2.48. The predicted octanol–water partition coefficient (Wildman–Crippen LogP) is 1.76. The first kappa shape index (κ1) is 16.5. The molecule has 0 radical (unpaired) electrons. The van der Waals surface area contributed by atoms with E-state index < -0.39 is 27.4 Å². The summed E-state index contributed by atoms with van der Waals surface area (Å²) < 4.78 is 32.1. The Morgan fingerprint density at radius 2 is 1.95 bits per heavy atom. The summed E-state index contributed by atoms with van der Waals surface area (Å²) in [6.07, 6.45) is 0.